The second-order valence-corrected chi connectivity index (χ2v) is 19.2. The first-order valence-corrected chi connectivity index (χ1v) is 15.0. The van der Waals surface area contributed by atoms with E-state index >= 15 is 0 Å². The number of hydrogen-bond donors (Lipinski definition) is 0. The molecule has 0 aliphatic rings. The average Bonchev–Trinajstić information content (AvgIpc) is 2.45. The second kappa shape index (κ2) is 9.39. The highest BCUT2D eigenvalue weighted by atomic mass is 28.4. The van der Waals surface area contributed by atoms with E-state index in [1.807, 2.05) is 0 Å². The first-order valence-electron chi connectivity index (χ1n) is 9.18. The summed E-state index contributed by atoms with van der Waals surface area (Å²) in [4.78, 5) is 21.8. The van der Waals surface area contributed by atoms with Crippen LogP contribution in [0.3, 0.4) is 0 Å². The summed E-state index contributed by atoms with van der Waals surface area (Å²) >= 11 is 0. The van der Waals surface area contributed by atoms with Crippen molar-refractivity contribution in [2.75, 3.05) is 0 Å². The Morgan fingerprint density at radius 3 is 1.12 bits per heavy atom. The van der Waals surface area contributed by atoms with Crippen molar-refractivity contribution in [1.82, 2.24) is 0 Å². The first kappa shape index (κ1) is 25.2. The zero-order valence-corrected chi connectivity index (χ0v) is 20.3. The molecule has 0 fully saturated rings. The highest BCUT2D eigenvalue weighted by Gasteiger charge is 2.43. The van der Waals surface area contributed by atoms with Crippen LogP contribution in [0.2, 0.25) is 36.3 Å². The number of hydrogen-bond acceptors (Lipinski definition) is 4. The summed E-state index contributed by atoms with van der Waals surface area (Å²) in [5.41, 5.74) is 0. The molecule has 26 heavy (non-hydrogen) atoms. The maximum Gasteiger partial charge on any atom is 0.193 e. The summed E-state index contributed by atoms with van der Waals surface area (Å²) in [5.74, 6) is 0. The Morgan fingerprint density at radius 1 is 0.654 bits per heavy atom. The smallest absolute Gasteiger partial charge is 0.193 e. The van der Waals surface area contributed by atoms with Gasteiger partial charge in [0, 0.05) is 0 Å². The summed E-state index contributed by atoms with van der Waals surface area (Å²) in [6, 6.07) is 0. The predicted molar refractivity (Wildman–Crippen MR) is 115 cm³/mol. The zero-order valence-electron chi connectivity index (χ0n) is 18.3. The van der Waals surface area contributed by atoms with Gasteiger partial charge in [-0.25, -0.2) is 0 Å². The molecule has 0 radical (unpaired) electrons. The minimum absolute atomic E-state index is 0.0240. The molecule has 0 N–H and O–H groups in total. The minimum atomic E-state index is -2.10. The lowest BCUT2D eigenvalue weighted by Crippen LogP contribution is -2.50. The van der Waals surface area contributed by atoms with Crippen LogP contribution in [0.25, 0.3) is 0 Å². The van der Waals surface area contributed by atoms with Crippen LogP contribution >= 0.6 is 0 Å². The molecule has 0 aromatic carbocycles. The number of aldehydes is 2. The highest BCUT2D eigenvalue weighted by Crippen LogP contribution is 2.40. The quantitative estimate of drug-likeness (QED) is 0.301. The molecule has 0 aliphatic heterocycles. The van der Waals surface area contributed by atoms with Crippen LogP contribution in [0.5, 0.6) is 0 Å². The van der Waals surface area contributed by atoms with Crippen LogP contribution in [0, 0.1) is 0 Å². The van der Waals surface area contributed by atoms with Crippen molar-refractivity contribution in [3.05, 3.63) is 24.3 Å². The van der Waals surface area contributed by atoms with Crippen molar-refractivity contribution < 1.29 is 18.4 Å². The van der Waals surface area contributed by atoms with E-state index in [9.17, 15) is 9.59 Å². The normalized spacial score (nSPS) is 16.8. The van der Waals surface area contributed by atoms with Gasteiger partial charge in [0.1, 0.15) is 12.6 Å². The van der Waals surface area contributed by atoms with E-state index in [2.05, 4.69) is 67.7 Å². The van der Waals surface area contributed by atoms with Gasteiger partial charge in [-0.05, 0) is 48.4 Å². The largest absolute Gasteiger partial charge is 0.408 e. The predicted octanol–water partition coefficient (Wildman–Crippen LogP) is 5.28. The molecule has 0 bridgehead atoms. The van der Waals surface area contributed by atoms with E-state index in [1.165, 1.54) is 12.2 Å². The van der Waals surface area contributed by atoms with Gasteiger partial charge in [-0.15, -0.1) is 0 Å². The Morgan fingerprint density at radius 2 is 0.923 bits per heavy atom. The van der Waals surface area contributed by atoms with Gasteiger partial charge >= 0.3 is 0 Å². The molecule has 4 nitrogen and oxygen atoms in total. The number of carbonyl (C=O) groups excluding carboxylic acids is 2. The van der Waals surface area contributed by atoms with Crippen LogP contribution in [0.15, 0.2) is 24.3 Å². The van der Waals surface area contributed by atoms with E-state index < -0.39 is 28.8 Å². The van der Waals surface area contributed by atoms with Gasteiger partial charge in [-0.1, -0.05) is 53.7 Å². The van der Waals surface area contributed by atoms with Crippen molar-refractivity contribution in [2.45, 2.75) is 90.0 Å². The van der Waals surface area contributed by atoms with Gasteiger partial charge in [-0.2, -0.15) is 0 Å². The van der Waals surface area contributed by atoms with Crippen LogP contribution in [-0.4, -0.2) is 41.4 Å². The van der Waals surface area contributed by atoms with Crippen molar-refractivity contribution in [3.8, 4) is 0 Å². The molecule has 0 saturated heterocycles. The summed E-state index contributed by atoms with van der Waals surface area (Å²) in [6.07, 6.45) is 7.08. The maximum absolute atomic E-state index is 10.9. The van der Waals surface area contributed by atoms with Crippen LogP contribution in [-0.2, 0) is 18.4 Å². The first-order chi connectivity index (χ1) is 11.6. The Kier molecular flexibility index (Phi) is 9.10. The van der Waals surface area contributed by atoms with Crippen molar-refractivity contribution in [1.29, 1.82) is 0 Å². The lowest BCUT2D eigenvalue weighted by Gasteiger charge is -2.43. The van der Waals surface area contributed by atoms with Gasteiger partial charge in [0.05, 0.1) is 12.2 Å². The van der Waals surface area contributed by atoms with Crippen LogP contribution in [0.4, 0.5) is 0 Å². The summed E-state index contributed by atoms with van der Waals surface area (Å²) < 4.78 is 13.1. The van der Waals surface area contributed by atoms with Crippen LogP contribution < -0.4 is 0 Å². The Bertz CT molecular complexity index is 475. The molecule has 0 rings (SSSR count). The van der Waals surface area contributed by atoms with E-state index in [-0.39, 0.29) is 10.1 Å². The number of rotatable bonds is 9. The third-order valence-corrected chi connectivity index (χ3v) is 14.5. The van der Waals surface area contributed by atoms with E-state index in [4.69, 9.17) is 8.85 Å². The molecule has 0 heterocycles. The van der Waals surface area contributed by atoms with Gasteiger partial charge in [0.25, 0.3) is 0 Å². The molecule has 0 amide bonds. The van der Waals surface area contributed by atoms with Gasteiger partial charge < -0.3 is 8.85 Å². The molecule has 0 saturated carbocycles. The Labute approximate surface area is 162 Å². The zero-order chi connectivity index (χ0) is 20.8. The summed E-state index contributed by atoms with van der Waals surface area (Å²) in [5, 5.41) is 0.0479. The monoisotopic (exact) mass is 398 g/mol. The number of allylic oxidation sites excluding steroid dienone is 2. The lowest BCUT2D eigenvalue weighted by molar-refractivity contribution is -0.104. The molecule has 6 heteroatoms. The van der Waals surface area contributed by atoms with Crippen molar-refractivity contribution in [2.24, 2.45) is 0 Å². The van der Waals surface area contributed by atoms with Crippen LogP contribution in [0.1, 0.15) is 41.5 Å². The summed E-state index contributed by atoms with van der Waals surface area (Å²) in [7, 11) is -4.19. The molecule has 2 atom stereocenters. The molecule has 150 valence electrons. The van der Waals surface area contributed by atoms with Gasteiger partial charge in [0.15, 0.2) is 16.6 Å². The minimum Gasteiger partial charge on any atom is -0.408 e. The summed E-state index contributed by atoms with van der Waals surface area (Å²) in [6.45, 7) is 21.7. The molecule has 0 unspecified atom stereocenters. The average molecular weight is 399 g/mol. The maximum atomic E-state index is 10.9. The Balaban J connectivity index is 5.91. The fourth-order valence-electron chi connectivity index (χ4n) is 1.78. The highest BCUT2D eigenvalue weighted by molar-refractivity contribution is 6.74. The molecule has 0 aromatic heterocycles. The lowest BCUT2D eigenvalue weighted by atomic mass is 10.2. The third kappa shape index (κ3) is 7.42. The van der Waals surface area contributed by atoms with E-state index in [1.54, 1.807) is 12.2 Å². The standard InChI is InChI=1S/C20H38O4Si2/c1-19(2,3)25(7,8)23-17(13-11-15-21)18(14-12-16-22)24-26(9,10)20(4,5)6/h11-18H,1-10H3/b13-11+,14-12+/t17-,18-/m0/s1. The molecular weight excluding hydrogens is 360 g/mol. The molecule has 0 aromatic rings. The topological polar surface area (TPSA) is 52.6 Å². The Hall–Kier alpha value is -0.826. The number of carbonyl (C=O) groups is 2. The SMILES string of the molecule is CC(C)(C)[Si](C)(C)O[C@@H](/C=C/C=O)[C@H](/C=C/C=O)O[Si](C)(C)C(C)(C)C. The van der Waals surface area contributed by atoms with E-state index in [0.29, 0.717) is 0 Å². The third-order valence-electron chi connectivity index (χ3n) is 5.56. The molecular formula is C20H38O4Si2. The fourth-order valence-corrected chi connectivity index (χ4v) is 4.27. The van der Waals surface area contributed by atoms with Crippen molar-refractivity contribution >= 4 is 29.2 Å². The van der Waals surface area contributed by atoms with E-state index in [0.717, 1.165) is 12.6 Å². The van der Waals surface area contributed by atoms with Gasteiger partial charge in [-0.3, -0.25) is 9.59 Å². The fraction of sp³-hybridized carbons (Fsp3) is 0.700. The second-order valence-electron chi connectivity index (χ2n) is 9.73. The van der Waals surface area contributed by atoms with Gasteiger partial charge in [0.2, 0.25) is 0 Å². The van der Waals surface area contributed by atoms with Crippen molar-refractivity contribution in [3.63, 3.8) is 0 Å². The molecule has 0 spiro atoms. The molecule has 0 aliphatic carbocycles.